The molecule has 4 nitrogen and oxygen atoms in total. The Labute approximate surface area is 124 Å². The Hall–Kier alpha value is -1.55. The molecule has 2 rings (SSSR count). The highest BCUT2D eigenvalue weighted by Crippen LogP contribution is 2.21. The third-order valence-electron chi connectivity index (χ3n) is 3.56. The first-order chi connectivity index (χ1) is 9.49. The molecule has 0 aromatic heterocycles. The first kappa shape index (κ1) is 14.9. The molecule has 0 bridgehead atoms. The Morgan fingerprint density at radius 2 is 2.15 bits per heavy atom. The van der Waals surface area contributed by atoms with Gasteiger partial charge in [-0.15, -0.1) is 0 Å². The number of carbonyl (C=O) groups excluding carboxylic acids is 2. The van der Waals surface area contributed by atoms with Gasteiger partial charge in [0, 0.05) is 30.6 Å². The molecule has 1 N–H and O–H groups in total. The highest BCUT2D eigenvalue weighted by atomic mass is 35.5. The SMILES string of the molecule is CC(C)N1C[C@H](C(=O)NCc2ccccc2Cl)CC1=O. The van der Waals surface area contributed by atoms with Crippen LogP contribution in [0.25, 0.3) is 0 Å². The summed E-state index contributed by atoms with van der Waals surface area (Å²) in [6.45, 7) is 4.82. The van der Waals surface area contributed by atoms with E-state index >= 15 is 0 Å². The van der Waals surface area contributed by atoms with Crippen LogP contribution in [0.15, 0.2) is 24.3 Å². The molecule has 1 aliphatic rings. The minimum atomic E-state index is -0.257. The molecular weight excluding hydrogens is 276 g/mol. The molecule has 1 saturated heterocycles. The molecule has 1 aliphatic heterocycles. The topological polar surface area (TPSA) is 49.4 Å². The molecule has 0 aliphatic carbocycles. The number of halogens is 1. The fourth-order valence-corrected chi connectivity index (χ4v) is 2.58. The van der Waals surface area contributed by atoms with Crippen LogP contribution in [0.3, 0.4) is 0 Å². The van der Waals surface area contributed by atoms with Crippen LogP contribution in [0.5, 0.6) is 0 Å². The summed E-state index contributed by atoms with van der Waals surface area (Å²) in [7, 11) is 0. The number of hydrogen-bond acceptors (Lipinski definition) is 2. The predicted molar refractivity (Wildman–Crippen MR) is 78.3 cm³/mol. The quantitative estimate of drug-likeness (QED) is 0.925. The molecule has 0 unspecified atom stereocenters. The van der Waals surface area contributed by atoms with Crippen molar-refractivity contribution in [1.82, 2.24) is 10.2 Å². The van der Waals surface area contributed by atoms with Crippen molar-refractivity contribution >= 4 is 23.4 Å². The number of amides is 2. The Kier molecular flexibility index (Phi) is 4.65. The summed E-state index contributed by atoms with van der Waals surface area (Å²) in [5, 5.41) is 3.50. The van der Waals surface area contributed by atoms with E-state index in [0.29, 0.717) is 24.5 Å². The second kappa shape index (κ2) is 6.27. The summed E-state index contributed by atoms with van der Waals surface area (Å²) < 4.78 is 0. The highest BCUT2D eigenvalue weighted by Gasteiger charge is 2.35. The van der Waals surface area contributed by atoms with Crippen LogP contribution in [0.2, 0.25) is 5.02 Å². The van der Waals surface area contributed by atoms with E-state index in [1.54, 1.807) is 11.0 Å². The van der Waals surface area contributed by atoms with Gasteiger partial charge >= 0.3 is 0 Å². The maximum Gasteiger partial charge on any atom is 0.225 e. The number of hydrogen-bond donors (Lipinski definition) is 1. The Balaban J connectivity index is 1.91. The van der Waals surface area contributed by atoms with Gasteiger partial charge in [-0.3, -0.25) is 9.59 Å². The van der Waals surface area contributed by atoms with Crippen molar-refractivity contribution in [3.05, 3.63) is 34.9 Å². The molecule has 1 aromatic carbocycles. The zero-order valence-electron chi connectivity index (χ0n) is 11.7. The molecule has 1 atom stereocenters. The van der Waals surface area contributed by atoms with E-state index < -0.39 is 0 Å². The van der Waals surface area contributed by atoms with Crippen LogP contribution in [0.1, 0.15) is 25.8 Å². The number of benzene rings is 1. The Morgan fingerprint density at radius 1 is 1.45 bits per heavy atom. The lowest BCUT2D eigenvalue weighted by Gasteiger charge is -2.20. The van der Waals surface area contributed by atoms with E-state index in [1.165, 1.54) is 0 Å². The van der Waals surface area contributed by atoms with Gasteiger partial charge in [-0.2, -0.15) is 0 Å². The van der Waals surface area contributed by atoms with Crippen LogP contribution < -0.4 is 5.32 Å². The summed E-state index contributed by atoms with van der Waals surface area (Å²) in [5.41, 5.74) is 0.882. The van der Waals surface area contributed by atoms with E-state index in [9.17, 15) is 9.59 Å². The van der Waals surface area contributed by atoms with Gasteiger partial charge in [0.2, 0.25) is 11.8 Å². The second-order valence-electron chi connectivity index (χ2n) is 5.35. The van der Waals surface area contributed by atoms with Gasteiger partial charge in [0.05, 0.1) is 5.92 Å². The lowest BCUT2D eigenvalue weighted by atomic mass is 10.1. The molecule has 108 valence electrons. The van der Waals surface area contributed by atoms with Crippen LogP contribution >= 0.6 is 11.6 Å². The minimum absolute atomic E-state index is 0.0536. The smallest absolute Gasteiger partial charge is 0.225 e. The van der Waals surface area contributed by atoms with Crippen molar-refractivity contribution in [2.75, 3.05) is 6.54 Å². The average Bonchev–Trinajstić information content (AvgIpc) is 2.80. The molecule has 1 aromatic rings. The van der Waals surface area contributed by atoms with Crippen LogP contribution in [0.4, 0.5) is 0 Å². The van der Waals surface area contributed by atoms with Gasteiger partial charge in [-0.1, -0.05) is 29.8 Å². The number of carbonyl (C=O) groups is 2. The van der Waals surface area contributed by atoms with Crippen molar-refractivity contribution in [2.24, 2.45) is 5.92 Å². The highest BCUT2D eigenvalue weighted by molar-refractivity contribution is 6.31. The summed E-state index contributed by atoms with van der Waals surface area (Å²) in [6, 6.07) is 7.55. The number of likely N-dealkylation sites (tertiary alicyclic amines) is 1. The standard InChI is InChI=1S/C15H19ClN2O2/c1-10(2)18-9-12(7-14(18)19)15(20)17-8-11-5-3-4-6-13(11)16/h3-6,10,12H,7-9H2,1-2H3,(H,17,20)/t12-/m1/s1. The van der Waals surface area contributed by atoms with Crippen molar-refractivity contribution in [3.63, 3.8) is 0 Å². The first-order valence-electron chi connectivity index (χ1n) is 6.79. The maximum absolute atomic E-state index is 12.1. The molecule has 1 heterocycles. The summed E-state index contributed by atoms with van der Waals surface area (Å²) in [4.78, 5) is 25.6. The Bertz CT molecular complexity index is 516. The van der Waals surface area contributed by atoms with Crippen LogP contribution in [-0.2, 0) is 16.1 Å². The molecular formula is C15H19ClN2O2. The Morgan fingerprint density at radius 3 is 2.75 bits per heavy atom. The van der Waals surface area contributed by atoms with Gasteiger partial charge < -0.3 is 10.2 Å². The van der Waals surface area contributed by atoms with Crippen molar-refractivity contribution in [1.29, 1.82) is 0 Å². The van der Waals surface area contributed by atoms with E-state index in [4.69, 9.17) is 11.6 Å². The molecule has 0 spiro atoms. The predicted octanol–water partition coefficient (Wildman–Crippen LogP) is 2.21. The third kappa shape index (κ3) is 3.31. The molecule has 5 heteroatoms. The zero-order chi connectivity index (χ0) is 14.7. The number of nitrogens with zero attached hydrogens (tertiary/aromatic N) is 1. The van der Waals surface area contributed by atoms with Crippen molar-refractivity contribution in [3.8, 4) is 0 Å². The van der Waals surface area contributed by atoms with E-state index in [-0.39, 0.29) is 23.8 Å². The average molecular weight is 295 g/mol. The van der Waals surface area contributed by atoms with Crippen molar-refractivity contribution in [2.45, 2.75) is 32.9 Å². The second-order valence-corrected chi connectivity index (χ2v) is 5.76. The lowest BCUT2D eigenvalue weighted by Crippen LogP contribution is -2.35. The third-order valence-corrected chi connectivity index (χ3v) is 3.93. The summed E-state index contributed by atoms with van der Waals surface area (Å²) in [5.74, 6) is -0.285. The van der Waals surface area contributed by atoms with Crippen LogP contribution in [-0.4, -0.2) is 29.3 Å². The van der Waals surface area contributed by atoms with Crippen molar-refractivity contribution < 1.29 is 9.59 Å². The molecule has 2 amide bonds. The van der Waals surface area contributed by atoms with Gasteiger partial charge in [0.25, 0.3) is 0 Å². The van der Waals surface area contributed by atoms with Gasteiger partial charge in [-0.05, 0) is 25.5 Å². The van der Waals surface area contributed by atoms with E-state index in [1.807, 2.05) is 32.0 Å². The largest absolute Gasteiger partial charge is 0.352 e. The van der Waals surface area contributed by atoms with E-state index in [0.717, 1.165) is 5.56 Å². The van der Waals surface area contributed by atoms with Crippen LogP contribution in [0, 0.1) is 5.92 Å². The molecule has 0 saturated carbocycles. The molecule has 1 fully saturated rings. The summed E-state index contributed by atoms with van der Waals surface area (Å²) in [6.07, 6.45) is 0.298. The minimum Gasteiger partial charge on any atom is -0.352 e. The molecule has 20 heavy (non-hydrogen) atoms. The lowest BCUT2D eigenvalue weighted by molar-refractivity contribution is -0.129. The first-order valence-corrected chi connectivity index (χ1v) is 7.17. The monoisotopic (exact) mass is 294 g/mol. The fraction of sp³-hybridized carbons (Fsp3) is 0.467. The van der Waals surface area contributed by atoms with Gasteiger partial charge in [0.15, 0.2) is 0 Å². The zero-order valence-corrected chi connectivity index (χ0v) is 12.5. The normalized spacial score (nSPS) is 18.7. The fourth-order valence-electron chi connectivity index (χ4n) is 2.37. The number of rotatable bonds is 4. The van der Waals surface area contributed by atoms with Gasteiger partial charge in [0.1, 0.15) is 0 Å². The van der Waals surface area contributed by atoms with E-state index in [2.05, 4.69) is 5.32 Å². The maximum atomic E-state index is 12.1. The van der Waals surface area contributed by atoms with Gasteiger partial charge in [-0.25, -0.2) is 0 Å². The summed E-state index contributed by atoms with van der Waals surface area (Å²) >= 11 is 6.04. The molecule has 0 radical (unpaired) electrons. The number of nitrogens with one attached hydrogen (secondary N) is 1.